The van der Waals surface area contributed by atoms with Gasteiger partial charge in [0.15, 0.2) is 0 Å². The molecular formula is C60H34BN3O3. The van der Waals surface area contributed by atoms with E-state index >= 15 is 0 Å². The summed E-state index contributed by atoms with van der Waals surface area (Å²) in [6.07, 6.45) is 0. The van der Waals surface area contributed by atoms with Gasteiger partial charge in [0.2, 0.25) is 0 Å². The van der Waals surface area contributed by atoms with Gasteiger partial charge in [0.1, 0.15) is 34.2 Å². The molecule has 6 nitrogen and oxygen atoms in total. The van der Waals surface area contributed by atoms with Gasteiger partial charge in [0.05, 0.1) is 33.1 Å². The molecule has 7 heteroatoms. The zero-order chi connectivity index (χ0) is 43.5. The zero-order valence-electron chi connectivity index (χ0n) is 35.8. The number of hydrogen-bond donors (Lipinski definition) is 0. The fourth-order valence-corrected chi connectivity index (χ4v) is 11.9. The van der Waals surface area contributed by atoms with Crippen molar-refractivity contribution in [1.82, 2.24) is 13.7 Å². The van der Waals surface area contributed by atoms with Gasteiger partial charge >= 0.3 is 0 Å². The molecule has 0 atom stereocenters. The van der Waals surface area contributed by atoms with E-state index in [0.717, 1.165) is 100 Å². The van der Waals surface area contributed by atoms with E-state index in [9.17, 15) is 0 Å². The maximum atomic E-state index is 6.91. The predicted molar refractivity (Wildman–Crippen MR) is 274 cm³/mol. The average molecular weight is 856 g/mol. The van der Waals surface area contributed by atoms with Crippen LogP contribution in [0.5, 0.6) is 23.0 Å². The largest absolute Gasteiger partial charge is 0.458 e. The second-order valence-corrected chi connectivity index (χ2v) is 17.9. The van der Waals surface area contributed by atoms with Gasteiger partial charge in [0.25, 0.3) is 6.71 Å². The van der Waals surface area contributed by atoms with Crippen molar-refractivity contribution in [3.05, 3.63) is 206 Å². The van der Waals surface area contributed by atoms with Crippen LogP contribution in [-0.2, 0) is 0 Å². The molecular weight excluding hydrogens is 821 g/mol. The summed E-state index contributed by atoms with van der Waals surface area (Å²) in [6, 6.07) is 73.8. The molecule has 0 N–H and O–H groups in total. The van der Waals surface area contributed by atoms with Crippen LogP contribution in [0.3, 0.4) is 0 Å². The van der Waals surface area contributed by atoms with Crippen molar-refractivity contribution in [2.24, 2.45) is 0 Å². The second kappa shape index (κ2) is 12.9. The van der Waals surface area contributed by atoms with Crippen molar-refractivity contribution in [2.75, 3.05) is 0 Å². The molecule has 0 aliphatic carbocycles. The molecule has 14 aromatic rings. The van der Waals surface area contributed by atoms with Gasteiger partial charge < -0.3 is 27.6 Å². The van der Waals surface area contributed by atoms with Crippen LogP contribution in [-0.4, -0.2) is 20.4 Å². The third-order valence-corrected chi connectivity index (χ3v) is 14.6. The number of nitrogens with zero attached hydrogens (tertiary/aromatic N) is 3. The summed E-state index contributed by atoms with van der Waals surface area (Å²) in [7, 11) is 0. The first-order valence-electron chi connectivity index (χ1n) is 22.9. The summed E-state index contributed by atoms with van der Waals surface area (Å²) in [5.74, 6) is 3.32. The van der Waals surface area contributed by atoms with Crippen molar-refractivity contribution in [3.8, 4) is 40.1 Å². The molecule has 0 saturated carbocycles. The molecule has 2 aliphatic heterocycles. The Morgan fingerprint density at radius 3 is 1.33 bits per heavy atom. The number of ether oxygens (including phenoxy) is 2. The van der Waals surface area contributed by atoms with E-state index in [1.54, 1.807) is 0 Å². The van der Waals surface area contributed by atoms with E-state index in [1.807, 2.05) is 18.2 Å². The summed E-state index contributed by atoms with van der Waals surface area (Å²) in [5, 5.41) is 9.58. The number of benzene rings is 10. The molecule has 10 aromatic carbocycles. The zero-order valence-corrected chi connectivity index (χ0v) is 35.8. The van der Waals surface area contributed by atoms with Crippen LogP contribution in [0.2, 0.25) is 0 Å². The summed E-state index contributed by atoms with van der Waals surface area (Å²) in [6.45, 7) is -0.0845. The van der Waals surface area contributed by atoms with Crippen molar-refractivity contribution in [3.63, 3.8) is 0 Å². The lowest BCUT2D eigenvalue weighted by molar-refractivity contribution is 0.464. The molecule has 0 radical (unpaired) electrons. The topological polar surface area (TPSA) is 46.4 Å². The molecule has 0 fully saturated rings. The van der Waals surface area contributed by atoms with Crippen molar-refractivity contribution in [2.45, 2.75) is 0 Å². The minimum atomic E-state index is -0.0845. The Labute approximate surface area is 382 Å². The number of fused-ring (bicyclic) bond motifs is 18. The van der Waals surface area contributed by atoms with Crippen LogP contribution in [0.25, 0.3) is 104 Å². The summed E-state index contributed by atoms with van der Waals surface area (Å²) in [4.78, 5) is 0. The third-order valence-electron chi connectivity index (χ3n) is 14.6. The number of rotatable bonds is 3. The Hall–Kier alpha value is -8.94. The minimum absolute atomic E-state index is 0.0845. The van der Waals surface area contributed by atoms with E-state index in [4.69, 9.17) is 13.9 Å². The number of para-hydroxylation sites is 5. The summed E-state index contributed by atoms with van der Waals surface area (Å²) < 4.78 is 27.3. The second-order valence-electron chi connectivity index (χ2n) is 17.9. The lowest BCUT2D eigenvalue weighted by Crippen LogP contribution is -2.57. The van der Waals surface area contributed by atoms with Gasteiger partial charge in [-0.05, 0) is 95.9 Å². The lowest BCUT2D eigenvalue weighted by Gasteiger charge is -2.33. The standard InChI is InChI=1S/C60H34BN3O3/c1-2-13-35(14-3-1)62-44-19-8-4-15-38(44)56-47(62)29-30-48-57(56)39-16-5-9-20-45(39)63(48)36-25-27-42-54(33-36)66-52-23-12-24-53-60(52)61(42)43-28-26-37(34-55(43)67-53)64-46-21-10-6-17-40(46)58-49(64)31-32-51-59(58)41-18-7-11-22-50(41)65-51/h1-34H. The molecule has 6 heterocycles. The van der Waals surface area contributed by atoms with Gasteiger partial charge in [-0.1, -0.05) is 109 Å². The highest BCUT2D eigenvalue weighted by Gasteiger charge is 2.40. The highest BCUT2D eigenvalue weighted by molar-refractivity contribution is 6.98. The Bertz CT molecular complexity index is 4480. The normalized spacial score (nSPS) is 13.0. The van der Waals surface area contributed by atoms with E-state index in [1.165, 1.54) is 43.4 Å². The third kappa shape index (κ3) is 4.64. The molecule has 0 bridgehead atoms. The van der Waals surface area contributed by atoms with E-state index in [0.29, 0.717) is 0 Å². The first-order chi connectivity index (χ1) is 33.2. The smallest absolute Gasteiger partial charge is 0.260 e. The van der Waals surface area contributed by atoms with E-state index in [2.05, 4.69) is 202 Å². The van der Waals surface area contributed by atoms with Crippen molar-refractivity contribution >= 4 is 110 Å². The maximum Gasteiger partial charge on any atom is 0.260 e. The number of furan rings is 1. The SMILES string of the molecule is c1ccc(-n2c3ccccc3c3c4c5ccccc5n(-c5ccc6c(c5)Oc5cccc7c5B6c5ccc(-n6c8ccccc8c8c9c(ccc86)oc6ccccc69)cc5O7)c4ccc32)cc1. The quantitative estimate of drug-likeness (QED) is 0.166. The molecule has 0 saturated heterocycles. The molecule has 310 valence electrons. The van der Waals surface area contributed by atoms with Crippen LogP contribution in [0, 0.1) is 0 Å². The molecule has 2 aliphatic rings. The monoisotopic (exact) mass is 855 g/mol. The van der Waals surface area contributed by atoms with Gasteiger partial charge in [-0.3, -0.25) is 0 Å². The van der Waals surface area contributed by atoms with Crippen LogP contribution >= 0.6 is 0 Å². The predicted octanol–water partition coefficient (Wildman–Crippen LogP) is 13.6. The Morgan fingerprint density at radius 2 is 0.761 bits per heavy atom. The Kier molecular flexibility index (Phi) is 6.80. The first-order valence-corrected chi connectivity index (χ1v) is 22.9. The molecule has 4 aromatic heterocycles. The highest BCUT2D eigenvalue weighted by Crippen LogP contribution is 2.45. The highest BCUT2D eigenvalue weighted by atomic mass is 16.5. The first kappa shape index (κ1) is 35.4. The fourth-order valence-electron chi connectivity index (χ4n) is 11.9. The minimum Gasteiger partial charge on any atom is -0.458 e. The van der Waals surface area contributed by atoms with Crippen LogP contribution < -0.4 is 25.9 Å². The van der Waals surface area contributed by atoms with Crippen LogP contribution in [0.1, 0.15) is 0 Å². The molecule has 0 amide bonds. The molecule has 0 unspecified atom stereocenters. The van der Waals surface area contributed by atoms with E-state index in [-0.39, 0.29) is 6.71 Å². The van der Waals surface area contributed by atoms with Gasteiger partial charge in [-0.25, -0.2) is 0 Å². The van der Waals surface area contributed by atoms with Gasteiger partial charge in [-0.2, -0.15) is 0 Å². The molecule has 67 heavy (non-hydrogen) atoms. The number of hydrogen-bond acceptors (Lipinski definition) is 3. The lowest BCUT2D eigenvalue weighted by atomic mass is 9.35. The molecule has 0 spiro atoms. The maximum absolute atomic E-state index is 6.91. The van der Waals surface area contributed by atoms with Crippen LogP contribution in [0.4, 0.5) is 0 Å². The summed E-state index contributed by atoms with van der Waals surface area (Å²) >= 11 is 0. The molecule has 16 rings (SSSR count). The van der Waals surface area contributed by atoms with E-state index < -0.39 is 0 Å². The van der Waals surface area contributed by atoms with Gasteiger partial charge in [-0.15, -0.1) is 0 Å². The summed E-state index contributed by atoms with van der Waals surface area (Å²) in [5.41, 5.74) is 15.2. The van der Waals surface area contributed by atoms with Crippen LogP contribution in [0.15, 0.2) is 211 Å². The average Bonchev–Trinajstić information content (AvgIpc) is 4.12. The number of aromatic nitrogens is 3. The van der Waals surface area contributed by atoms with Crippen molar-refractivity contribution in [1.29, 1.82) is 0 Å². The van der Waals surface area contributed by atoms with Gasteiger partial charge in [0, 0.05) is 77.7 Å². The Balaban J connectivity index is 0.874. The Morgan fingerprint density at radius 1 is 0.299 bits per heavy atom. The van der Waals surface area contributed by atoms with Crippen molar-refractivity contribution < 1.29 is 13.9 Å². The fraction of sp³-hybridized carbons (Fsp3) is 0.